The Morgan fingerprint density at radius 2 is 1.53 bits per heavy atom. The van der Waals surface area contributed by atoms with Crippen molar-refractivity contribution in [2.75, 3.05) is 25.0 Å². The number of Topliss-reactive ketones (excluding diaryl/α,β-unsaturated/α-hetero) is 1. The fourth-order valence-electron chi connectivity index (χ4n) is 2.40. The highest BCUT2D eigenvalue weighted by Gasteiger charge is 2.19. The van der Waals surface area contributed by atoms with Crippen LogP contribution >= 0.6 is 0 Å². The Balaban J connectivity index is 2.35. The number of anilines is 2. The fourth-order valence-corrected chi connectivity index (χ4v) is 2.40. The van der Waals surface area contributed by atoms with Crippen molar-refractivity contribution in [2.45, 2.75) is 13.8 Å². The van der Waals surface area contributed by atoms with Crippen molar-refractivity contribution in [3.8, 4) is 0 Å². The highest BCUT2D eigenvalue weighted by molar-refractivity contribution is 6.67. The van der Waals surface area contributed by atoms with Crippen LogP contribution in [0.5, 0.6) is 0 Å². The van der Waals surface area contributed by atoms with Crippen molar-refractivity contribution in [2.24, 2.45) is 5.10 Å². The predicted octanol–water partition coefficient (Wildman–Crippen LogP) is 2.56. The number of rotatable bonds is 7. The summed E-state index contributed by atoms with van der Waals surface area (Å²) in [7, 11) is 2.41. The van der Waals surface area contributed by atoms with Crippen LogP contribution in [0.2, 0.25) is 0 Å². The third-order valence-corrected chi connectivity index (χ3v) is 3.99. The molecule has 0 fully saturated rings. The first-order valence-electron chi connectivity index (χ1n) is 8.80. The van der Waals surface area contributed by atoms with Gasteiger partial charge in [0.25, 0.3) is 5.91 Å². The van der Waals surface area contributed by atoms with Gasteiger partial charge in [0.2, 0.25) is 0 Å². The maximum atomic E-state index is 12.5. The molecule has 0 unspecified atom stereocenters. The van der Waals surface area contributed by atoms with Crippen LogP contribution in [0.3, 0.4) is 0 Å². The van der Waals surface area contributed by atoms with Crippen molar-refractivity contribution in [1.29, 1.82) is 0 Å². The van der Waals surface area contributed by atoms with Gasteiger partial charge in [0.1, 0.15) is 0 Å². The van der Waals surface area contributed by atoms with E-state index < -0.39 is 29.3 Å². The predicted molar refractivity (Wildman–Crippen MR) is 111 cm³/mol. The zero-order valence-corrected chi connectivity index (χ0v) is 16.9. The van der Waals surface area contributed by atoms with Crippen LogP contribution in [0.1, 0.15) is 33.2 Å². The number of hydrogen-bond acceptors (Lipinski definition) is 8. The summed E-state index contributed by atoms with van der Waals surface area (Å²) in [6.07, 6.45) is 0. The first-order valence-corrected chi connectivity index (χ1v) is 8.80. The van der Waals surface area contributed by atoms with Crippen LogP contribution in [0, 0.1) is 6.92 Å². The quantitative estimate of drug-likeness (QED) is 0.311. The molecular weight excluding hydrogens is 390 g/mol. The molecule has 0 atom stereocenters. The molecule has 0 bridgehead atoms. The molecular formula is C21H21N3O6. The largest absolute Gasteiger partial charge is 0.465 e. The molecule has 2 aromatic carbocycles. The normalized spacial score (nSPS) is 10.7. The maximum absolute atomic E-state index is 12.5. The highest BCUT2D eigenvalue weighted by Crippen LogP contribution is 2.20. The van der Waals surface area contributed by atoms with E-state index in [-0.39, 0.29) is 16.8 Å². The molecule has 0 radical (unpaired) electrons. The summed E-state index contributed by atoms with van der Waals surface area (Å²) in [5.74, 6) is -2.67. The topological polar surface area (TPSA) is 123 Å². The number of methoxy groups -OCH3 is 2. The Kier molecular flexibility index (Phi) is 7.40. The number of amides is 1. The fraction of sp³-hybridized carbons (Fsp3) is 0.190. The number of carbonyl (C=O) groups excluding carboxylic acids is 4. The molecule has 0 aliphatic heterocycles. The van der Waals surface area contributed by atoms with E-state index in [9.17, 15) is 19.2 Å². The Labute approximate surface area is 173 Å². The number of ether oxygens (including phenoxy) is 2. The van der Waals surface area contributed by atoms with Gasteiger partial charge in [-0.25, -0.2) is 9.59 Å². The number of hydrazone groups is 1. The van der Waals surface area contributed by atoms with Gasteiger partial charge in [-0.1, -0.05) is 17.7 Å². The van der Waals surface area contributed by atoms with Crippen molar-refractivity contribution in [3.63, 3.8) is 0 Å². The molecule has 0 aromatic heterocycles. The molecule has 0 saturated heterocycles. The average molecular weight is 411 g/mol. The van der Waals surface area contributed by atoms with Crippen molar-refractivity contribution in [3.05, 3.63) is 59.2 Å². The third-order valence-electron chi connectivity index (χ3n) is 3.99. The molecule has 2 rings (SSSR count). The monoisotopic (exact) mass is 411 g/mol. The Bertz CT molecular complexity index is 1010. The zero-order chi connectivity index (χ0) is 22.3. The Morgan fingerprint density at radius 3 is 2.10 bits per heavy atom. The minimum atomic E-state index is -0.734. The molecule has 0 saturated carbocycles. The van der Waals surface area contributed by atoms with Gasteiger partial charge in [0.15, 0.2) is 11.5 Å². The number of esters is 2. The van der Waals surface area contributed by atoms with Crippen molar-refractivity contribution < 1.29 is 28.7 Å². The highest BCUT2D eigenvalue weighted by atomic mass is 16.5. The molecule has 0 heterocycles. The molecule has 0 spiro atoms. The van der Waals surface area contributed by atoms with Crippen LogP contribution in [-0.4, -0.2) is 43.6 Å². The second kappa shape index (κ2) is 9.97. The molecule has 30 heavy (non-hydrogen) atoms. The van der Waals surface area contributed by atoms with E-state index in [1.54, 1.807) is 24.3 Å². The second-order valence-corrected chi connectivity index (χ2v) is 6.19. The van der Waals surface area contributed by atoms with E-state index in [1.165, 1.54) is 39.3 Å². The summed E-state index contributed by atoms with van der Waals surface area (Å²) in [5, 5.41) is 6.43. The van der Waals surface area contributed by atoms with Gasteiger partial charge < -0.3 is 14.8 Å². The van der Waals surface area contributed by atoms with E-state index in [2.05, 4.69) is 20.6 Å². The van der Waals surface area contributed by atoms with Crippen molar-refractivity contribution in [1.82, 2.24) is 0 Å². The van der Waals surface area contributed by atoms with E-state index in [0.29, 0.717) is 5.69 Å². The molecule has 1 amide bonds. The average Bonchev–Trinajstić information content (AvgIpc) is 2.74. The minimum Gasteiger partial charge on any atom is -0.465 e. The minimum absolute atomic E-state index is 0.0516. The summed E-state index contributed by atoms with van der Waals surface area (Å²) >= 11 is 0. The summed E-state index contributed by atoms with van der Waals surface area (Å²) in [6.45, 7) is 3.08. The lowest BCUT2D eigenvalue weighted by atomic mass is 10.1. The van der Waals surface area contributed by atoms with Gasteiger partial charge in [-0.3, -0.25) is 15.0 Å². The SMILES string of the molecule is COC(=O)c1ccc(C(=O)OC)c(N/N=C(/C(C)=O)C(=O)Nc2ccc(C)cc2)c1. The number of hydrogen-bond donors (Lipinski definition) is 2. The maximum Gasteiger partial charge on any atom is 0.340 e. The van der Waals surface area contributed by atoms with E-state index >= 15 is 0 Å². The molecule has 2 N–H and O–H groups in total. The first kappa shape index (κ1) is 22.3. The van der Waals surface area contributed by atoms with Gasteiger partial charge in [0.05, 0.1) is 31.0 Å². The molecule has 9 nitrogen and oxygen atoms in total. The summed E-state index contributed by atoms with van der Waals surface area (Å²) in [6, 6.07) is 11.0. The number of nitrogens with one attached hydrogen (secondary N) is 2. The smallest absolute Gasteiger partial charge is 0.340 e. The summed E-state index contributed by atoms with van der Waals surface area (Å²) < 4.78 is 9.36. The lowest BCUT2D eigenvalue weighted by molar-refractivity contribution is -0.114. The lowest BCUT2D eigenvalue weighted by Gasteiger charge is -2.11. The molecule has 0 aliphatic carbocycles. The Morgan fingerprint density at radius 1 is 0.900 bits per heavy atom. The van der Waals surface area contributed by atoms with Crippen LogP contribution in [0.4, 0.5) is 11.4 Å². The van der Waals surface area contributed by atoms with E-state index in [4.69, 9.17) is 4.74 Å². The summed E-state index contributed by atoms with van der Waals surface area (Å²) in [5.41, 5.74) is 3.83. The number of ketones is 1. The van der Waals surface area contributed by atoms with Gasteiger partial charge in [-0.05, 0) is 37.3 Å². The molecule has 2 aromatic rings. The number of nitrogens with zero attached hydrogens (tertiary/aromatic N) is 1. The van der Waals surface area contributed by atoms with Crippen molar-refractivity contribution >= 4 is 40.7 Å². The molecule has 0 aliphatic rings. The Hall–Kier alpha value is -4.01. The van der Waals surface area contributed by atoms with Gasteiger partial charge >= 0.3 is 11.9 Å². The lowest BCUT2D eigenvalue weighted by Crippen LogP contribution is -2.29. The number of aryl methyl sites for hydroxylation is 1. The standard InChI is InChI=1S/C21H21N3O6/c1-12-5-8-15(9-6-12)22-19(26)18(13(2)25)24-23-17-11-14(20(27)29-3)7-10-16(17)21(28)30-4/h5-11,23H,1-4H3,(H,22,26)/b24-18-. The van der Waals surface area contributed by atoms with Crippen LogP contribution in [-0.2, 0) is 19.1 Å². The van der Waals surface area contributed by atoms with Gasteiger partial charge in [-0.2, -0.15) is 5.10 Å². The van der Waals surface area contributed by atoms with Crippen LogP contribution in [0.15, 0.2) is 47.6 Å². The number of carbonyl (C=O) groups is 4. The van der Waals surface area contributed by atoms with E-state index in [1.807, 2.05) is 6.92 Å². The number of benzene rings is 2. The van der Waals surface area contributed by atoms with Crippen LogP contribution in [0.25, 0.3) is 0 Å². The zero-order valence-electron chi connectivity index (χ0n) is 16.9. The van der Waals surface area contributed by atoms with Gasteiger partial charge in [0, 0.05) is 12.6 Å². The first-order chi connectivity index (χ1) is 14.3. The van der Waals surface area contributed by atoms with Crippen LogP contribution < -0.4 is 10.7 Å². The van der Waals surface area contributed by atoms with Gasteiger partial charge in [-0.15, -0.1) is 0 Å². The molecule has 156 valence electrons. The van der Waals surface area contributed by atoms with E-state index in [0.717, 1.165) is 5.56 Å². The second-order valence-electron chi connectivity index (χ2n) is 6.19. The molecule has 9 heteroatoms. The third kappa shape index (κ3) is 5.51. The summed E-state index contributed by atoms with van der Waals surface area (Å²) in [4.78, 5) is 48.2.